The Balaban J connectivity index is 1.39. The third kappa shape index (κ3) is 4.90. The lowest BCUT2D eigenvalue weighted by molar-refractivity contribution is -0.137. The van der Waals surface area contributed by atoms with Crippen molar-refractivity contribution in [2.75, 3.05) is 18.9 Å². The number of carbonyl (C=O) groups is 2. The summed E-state index contributed by atoms with van der Waals surface area (Å²) in [5.74, 6) is 1.27. The Kier molecular flexibility index (Phi) is 6.86. The molecule has 0 spiro atoms. The van der Waals surface area contributed by atoms with Crippen molar-refractivity contribution in [2.45, 2.75) is 58.1 Å². The minimum atomic E-state index is -0.803. The van der Waals surface area contributed by atoms with E-state index >= 15 is 0 Å². The molecule has 9 nitrogen and oxygen atoms in total. The predicted molar refractivity (Wildman–Crippen MR) is 138 cm³/mol. The summed E-state index contributed by atoms with van der Waals surface area (Å²) < 4.78 is 11.5. The van der Waals surface area contributed by atoms with Crippen molar-refractivity contribution in [2.24, 2.45) is 5.92 Å². The maximum atomic E-state index is 12.7. The Bertz CT molecular complexity index is 1320. The van der Waals surface area contributed by atoms with Crippen LogP contribution in [0.3, 0.4) is 0 Å². The molecule has 1 amide bonds. The second kappa shape index (κ2) is 10.2. The smallest absolute Gasteiger partial charge is 0.303 e. The van der Waals surface area contributed by atoms with Gasteiger partial charge in [-0.3, -0.25) is 9.59 Å². The first-order chi connectivity index (χ1) is 17.9. The normalized spacial score (nSPS) is 18.3. The molecule has 9 heteroatoms. The largest absolute Gasteiger partial charge is 0.489 e. The molecule has 2 N–H and O–H groups in total. The first-order valence-corrected chi connectivity index (χ1v) is 12.8. The summed E-state index contributed by atoms with van der Waals surface area (Å²) in [4.78, 5) is 30.2. The fourth-order valence-electron chi connectivity index (χ4n) is 5.54. The number of fused-ring (bicyclic) bond motifs is 3. The first kappa shape index (κ1) is 24.8. The van der Waals surface area contributed by atoms with Gasteiger partial charge in [-0.25, -0.2) is 0 Å². The zero-order valence-corrected chi connectivity index (χ0v) is 21.4. The maximum absolute atomic E-state index is 12.7. The number of anilines is 1. The summed E-state index contributed by atoms with van der Waals surface area (Å²) >= 11 is 0. The monoisotopic (exact) mass is 504 g/mol. The highest BCUT2D eigenvalue weighted by Crippen LogP contribution is 2.49. The number of carboxylic acids is 1. The standard InChI is InChI=1S/C28H32N4O5/c1-16(2)36-23-11-10-17(14-22(23)29-3)28-30-27(31-37-28)20-8-6-7-19-21(20)13-18-15-24(33)32(26(18)19)12-5-4-9-25(34)35/h6-8,10-11,14,16,18,26,29H,4-5,9,12-13,15H2,1-3H3,(H,34,35)/t18-,26+/m0/s1. The number of carbonyl (C=O) groups excluding carboxylic acids is 1. The molecule has 2 heterocycles. The molecule has 0 bridgehead atoms. The van der Waals surface area contributed by atoms with Gasteiger partial charge in [-0.2, -0.15) is 4.98 Å². The van der Waals surface area contributed by atoms with Gasteiger partial charge in [0.05, 0.1) is 17.8 Å². The Morgan fingerprint density at radius 3 is 2.84 bits per heavy atom. The van der Waals surface area contributed by atoms with E-state index in [1.54, 1.807) is 0 Å². The number of aliphatic carboxylic acids is 1. The average Bonchev–Trinajstić information content (AvgIpc) is 3.56. The quantitative estimate of drug-likeness (QED) is 0.373. The summed E-state index contributed by atoms with van der Waals surface area (Å²) in [6, 6.07) is 11.8. The van der Waals surface area contributed by atoms with Crippen LogP contribution in [0, 0.1) is 5.92 Å². The number of nitrogens with zero attached hydrogens (tertiary/aromatic N) is 3. The van der Waals surface area contributed by atoms with Crippen molar-refractivity contribution >= 4 is 17.6 Å². The molecular weight excluding hydrogens is 472 g/mol. The zero-order valence-electron chi connectivity index (χ0n) is 21.4. The Hall–Kier alpha value is -3.88. The van der Waals surface area contributed by atoms with Gasteiger partial charge in [0.15, 0.2) is 0 Å². The lowest BCUT2D eigenvalue weighted by atomic mass is 10.0. The van der Waals surface area contributed by atoms with Crippen molar-refractivity contribution in [3.8, 4) is 28.6 Å². The predicted octanol–water partition coefficient (Wildman–Crippen LogP) is 4.93. The van der Waals surface area contributed by atoms with E-state index in [9.17, 15) is 9.59 Å². The Labute approximate surface area is 215 Å². The number of benzene rings is 2. The lowest BCUT2D eigenvalue weighted by Gasteiger charge is -2.25. The van der Waals surface area contributed by atoms with Gasteiger partial charge >= 0.3 is 5.97 Å². The van der Waals surface area contributed by atoms with Crippen molar-refractivity contribution in [3.05, 3.63) is 47.5 Å². The average molecular weight is 505 g/mol. The first-order valence-electron chi connectivity index (χ1n) is 12.8. The number of aromatic nitrogens is 2. The second-order valence-electron chi connectivity index (χ2n) is 9.98. The van der Waals surface area contributed by atoms with E-state index in [4.69, 9.17) is 19.4 Å². The number of carboxylic acid groups (broad SMARTS) is 1. The van der Waals surface area contributed by atoms with Crippen LogP contribution >= 0.6 is 0 Å². The molecule has 0 radical (unpaired) electrons. The third-order valence-electron chi connectivity index (χ3n) is 7.10. The zero-order chi connectivity index (χ0) is 26.1. The van der Waals surface area contributed by atoms with E-state index in [1.807, 2.05) is 56.1 Å². The second-order valence-corrected chi connectivity index (χ2v) is 9.98. The molecule has 1 aliphatic heterocycles. The topological polar surface area (TPSA) is 118 Å². The fraction of sp³-hybridized carbons (Fsp3) is 0.429. The van der Waals surface area contributed by atoms with E-state index in [0.29, 0.717) is 37.5 Å². The van der Waals surface area contributed by atoms with Gasteiger partial charge in [0, 0.05) is 37.6 Å². The number of likely N-dealkylation sites (tertiary alicyclic amines) is 1. The molecule has 3 aromatic rings. The summed E-state index contributed by atoms with van der Waals surface area (Å²) in [7, 11) is 1.84. The highest BCUT2D eigenvalue weighted by molar-refractivity contribution is 5.81. The van der Waals surface area contributed by atoms with Gasteiger partial charge in [0.25, 0.3) is 5.89 Å². The number of hydrogen-bond donors (Lipinski definition) is 2. The van der Waals surface area contributed by atoms with Gasteiger partial charge in [-0.1, -0.05) is 23.4 Å². The minimum absolute atomic E-state index is 0.0188. The Morgan fingerprint density at radius 2 is 2.08 bits per heavy atom. The summed E-state index contributed by atoms with van der Waals surface area (Å²) in [5, 5.41) is 16.4. The van der Waals surface area contributed by atoms with Gasteiger partial charge in [0.1, 0.15) is 5.75 Å². The minimum Gasteiger partial charge on any atom is -0.489 e. The summed E-state index contributed by atoms with van der Waals surface area (Å²) in [5.41, 5.74) is 4.85. The van der Waals surface area contributed by atoms with E-state index < -0.39 is 5.97 Å². The third-order valence-corrected chi connectivity index (χ3v) is 7.10. The van der Waals surface area contributed by atoms with Gasteiger partial charge in [-0.05, 0) is 68.4 Å². The fourth-order valence-corrected chi connectivity index (χ4v) is 5.54. The van der Waals surface area contributed by atoms with Crippen LogP contribution in [0.4, 0.5) is 5.69 Å². The van der Waals surface area contributed by atoms with Crippen LogP contribution in [0.5, 0.6) is 5.75 Å². The number of hydrogen-bond acceptors (Lipinski definition) is 7. The maximum Gasteiger partial charge on any atom is 0.303 e. The van der Waals surface area contributed by atoms with E-state index in [2.05, 4.69) is 16.5 Å². The number of nitrogens with one attached hydrogen (secondary N) is 1. The molecule has 37 heavy (non-hydrogen) atoms. The Morgan fingerprint density at radius 1 is 1.24 bits per heavy atom. The molecule has 1 aromatic heterocycles. The van der Waals surface area contributed by atoms with E-state index in [1.165, 1.54) is 0 Å². The van der Waals surface area contributed by atoms with Crippen LogP contribution in [-0.4, -0.2) is 51.7 Å². The molecule has 2 atom stereocenters. The van der Waals surface area contributed by atoms with Gasteiger partial charge < -0.3 is 24.6 Å². The molecule has 1 fully saturated rings. The lowest BCUT2D eigenvalue weighted by Crippen LogP contribution is -2.29. The molecule has 1 saturated heterocycles. The van der Waals surface area contributed by atoms with Crippen molar-refractivity contribution in [1.29, 1.82) is 0 Å². The van der Waals surface area contributed by atoms with Gasteiger partial charge in [0.2, 0.25) is 11.7 Å². The van der Waals surface area contributed by atoms with Crippen LogP contribution < -0.4 is 10.1 Å². The van der Waals surface area contributed by atoms with E-state index in [0.717, 1.165) is 40.1 Å². The van der Waals surface area contributed by atoms with Crippen LogP contribution in [-0.2, 0) is 16.0 Å². The summed E-state index contributed by atoms with van der Waals surface area (Å²) in [6.07, 6.45) is 2.72. The highest BCUT2D eigenvalue weighted by atomic mass is 16.5. The van der Waals surface area contributed by atoms with Crippen molar-refractivity contribution < 1.29 is 24.0 Å². The molecule has 194 valence electrons. The highest BCUT2D eigenvalue weighted by Gasteiger charge is 2.46. The number of rotatable bonds is 10. The van der Waals surface area contributed by atoms with E-state index in [-0.39, 0.29) is 30.4 Å². The molecule has 2 aromatic carbocycles. The van der Waals surface area contributed by atoms with Crippen LogP contribution in [0.25, 0.3) is 22.8 Å². The molecule has 2 aliphatic rings. The molecule has 5 rings (SSSR count). The molecular formula is C28H32N4O5. The number of unbranched alkanes of at least 4 members (excludes halogenated alkanes) is 1. The number of ether oxygens (including phenoxy) is 1. The number of amides is 1. The SMILES string of the molecule is CNc1cc(-c2nc(-c3cccc4c3C[C@H]3CC(=O)N(CCCCC(=O)O)[C@@H]43)no2)ccc1OC(C)C. The van der Waals surface area contributed by atoms with Crippen LogP contribution in [0.1, 0.15) is 56.7 Å². The van der Waals surface area contributed by atoms with Crippen molar-refractivity contribution in [3.63, 3.8) is 0 Å². The molecule has 0 unspecified atom stereocenters. The summed E-state index contributed by atoms with van der Waals surface area (Å²) in [6.45, 7) is 4.55. The van der Waals surface area contributed by atoms with Gasteiger partial charge in [-0.15, -0.1) is 0 Å². The van der Waals surface area contributed by atoms with Crippen molar-refractivity contribution in [1.82, 2.24) is 15.0 Å². The van der Waals surface area contributed by atoms with Crippen LogP contribution in [0.2, 0.25) is 0 Å². The molecule has 0 saturated carbocycles. The van der Waals surface area contributed by atoms with Crippen LogP contribution in [0.15, 0.2) is 40.9 Å². The molecule has 1 aliphatic carbocycles.